The maximum Gasteiger partial charge on any atom is 0.188 e. The van der Waals surface area contributed by atoms with Crippen molar-refractivity contribution >= 4 is 6.29 Å². The zero-order valence-corrected chi connectivity index (χ0v) is 13.3. The highest BCUT2D eigenvalue weighted by Crippen LogP contribution is 2.28. The summed E-state index contributed by atoms with van der Waals surface area (Å²) in [5.74, 6) is 1.01. The first kappa shape index (κ1) is 17.0. The molecular weight excluding hydrogens is 296 g/mol. The summed E-state index contributed by atoms with van der Waals surface area (Å²) in [6, 6.07) is 13.3. The van der Waals surface area contributed by atoms with Gasteiger partial charge in [0, 0.05) is 13.2 Å². The molecule has 122 valence electrons. The summed E-state index contributed by atoms with van der Waals surface area (Å²) >= 11 is 0. The van der Waals surface area contributed by atoms with Crippen LogP contribution in [0.25, 0.3) is 0 Å². The molecule has 0 unspecified atom stereocenters. The SMILES string of the molecule is COCOc1cc(OC)cc(COCc2ccccc2)c1C=O. The maximum atomic E-state index is 11.4. The van der Waals surface area contributed by atoms with Gasteiger partial charge in [-0.05, 0) is 17.2 Å². The summed E-state index contributed by atoms with van der Waals surface area (Å²) in [6.07, 6.45) is 0.756. The molecule has 2 aromatic rings. The molecule has 0 bridgehead atoms. The van der Waals surface area contributed by atoms with Gasteiger partial charge in [-0.1, -0.05) is 30.3 Å². The standard InChI is InChI=1S/C18H20O5/c1-20-13-23-18-9-16(21-2)8-15(17(18)10-19)12-22-11-14-6-4-3-5-7-14/h3-10H,11-13H2,1-2H3. The molecule has 23 heavy (non-hydrogen) atoms. The van der Waals surface area contributed by atoms with E-state index in [1.165, 1.54) is 7.11 Å². The van der Waals surface area contributed by atoms with Crippen molar-refractivity contribution < 1.29 is 23.7 Å². The van der Waals surface area contributed by atoms with Crippen LogP contribution < -0.4 is 9.47 Å². The molecule has 0 radical (unpaired) electrons. The monoisotopic (exact) mass is 316 g/mol. The molecule has 0 spiro atoms. The minimum atomic E-state index is 0.0539. The largest absolute Gasteiger partial charge is 0.497 e. The smallest absolute Gasteiger partial charge is 0.188 e. The Morgan fingerprint density at radius 1 is 1.04 bits per heavy atom. The van der Waals surface area contributed by atoms with E-state index in [1.807, 2.05) is 30.3 Å². The predicted octanol–water partition coefficient (Wildman–Crippen LogP) is 3.21. The number of rotatable bonds is 9. The molecule has 0 amide bonds. The van der Waals surface area contributed by atoms with E-state index in [2.05, 4.69) is 0 Å². The van der Waals surface area contributed by atoms with Crippen molar-refractivity contribution in [2.24, 2.45) is 0 Å². The highest BCUT2D eigenvalue weighted by atomic mass is 16.7. The lowest BCUT2D eigenvalue weighted by Crippen LogP contribution is -2.05. The molecule has 0 N–H and O–H groups in total. The quantitative estimate of drug-likeness (QED) is 0.525. The number of benzene rings is 2. The molecule has 0 atom stereocenters. The second kappa shape index (κ2) is 8.92. The third-order valence-electron chi connectivity index (χ3n) is 3.26. The Morgan fingerprint density at radius 2 is 1.83 bits per heavy atom. The van der Waals surface area contributed by atoms with Gasteiger partial charge in [0.15, 0.2) is 13.1 Å². The molecule has 0 aliphatic rings. The average Bonchev–Trinajstić information content (AvgIpc) is 2.60. The fraction of sp³-hybridized carbons (Fsp3) is 0.278. The maximum absolute atomic E-state index is 11.4. The molecule has 0 aromatic heterocycles. The van der Waals surface area contributed by atoms with Gasteiger partial charge < -0.3 is 18.9 Å². The molecule has 2 rings (SSSR count). The third kappa shape index (κ3) is 4.81. The lowest BCUT2D eigenvalue weighted by molar-refractivity contribution is 0.0499. The van der Waals surface area contributed by atoms with Crippen molar-refractivity contribution in [1.82, 2.24) is 0 Å². The fourth-order valence-corrected chi connectivity index (χ4v) is 2.12. The van der Waals surface area contributed by atoms with E-state index < -0.39 is 0 Å². The second-order valence-electron chi connectivity index (χ2n) is 4.85. The van der Waals surface area contributed by atoms with Crippen LogP contribution in [-0.4, -0.2) is 27.3 Å². The Labute approximate surface area is 135 Å². The van der Waals surface area contributed by atoms with Crippen molar-refractivity contribution in [3.05, 3.63) is 59.2 Å². The van der Waals surface area contributed by atoms with Crippen molar-refractivity contribution in [2.75, 3.05) is 21.0 Å². The number of carbonyl (C=O) groups is 1. The van der Waals surface area contributed by atoms with Gasteiger partial charge in [0.05, 0.1) is 25.9 Å². The summed E-state index contributed by atoms with van der Waals surface area (Å²) in [5, 5.41) is 0. The van der Waals surface area contributed by atoms with E-state index >= 15 is 0 Å². The number of hydrogen-bond acceptors (Lipinski definition) is 5. The van der Waals surface area contributed by atoms with E-state index in [0.717, 1.165) is 11.8 Å². The van der Waals surface area contributed by atoms with Gasteiger partial charge in [-0.25, -0.2) is 0 Å². The predicted molar refractivity (Wildman–Crippen MR) is 85.8 cm³/mol. The number of aldehydes is 1. The molecule has 2 aromatic carbocycles. The van der Waals surface area contributed by atoms with E-state index in [4.69, 9.17) is 18.9 Å². The van der Waals surface area contributed by atoms with Crippen LogP contribution in [0.2, 0.25) is 0 Å². The van der Waals surface area contributed by atoms with Gasteiger partial charge in [0.1, 0.15) is 11.5 Å². The average molecular weight is 316 g/mol. The van der Waals surface area contributed by atoms with Gasteiger partial charge >= 0.3 is 0 Å². The first-order chi connectivity index (χ1) is 11.3. The Hall–Kier alpha value is -2.37. The summed E-state index contributed by atoms with van der Waals surface area (Å²) in [7, 11) is 3.08. The first-order valence-corrected chi connectivity index (χ1v) is 7.18. The summed E-state index contributed by atoms with van der Waals surface area (Å²) in [4.78, 5) is 11.4. The molecule has 0 aliphatic heterocycles. The Bertz CT molecular complexity index is 625. The number of carbonyl (C=O) groups excluding carboxylic acids is 1. The molecule has 5 heteroatoms. The van der Waals surface area contributed by atoms with Crippen molar-refractivity contribution in [3.63, 3.8) is 0 Å². The van der Waals surface area contributed by atoms with Gasteiger partial charge in [-0.2, -0.15) is 0 Å². The van der Waals surface area contributed by atoms with Gasteiger partial charge in [-0.3, -0.25) is 4.79 Å². The van der Waals surface area contributed by atoms with Crippen molar-refractivity contribution in [3.8, 4) is 11.5 Å². The minimum absolute atomic E-state index is 0.0539. The van der Waals surface area contributed by atoms with Crippen molar-refractivity contribution in [2.45, 2.75) is 13.2 Å². The number of ether oxygens (including phenoxy) is 4. The normalized spacial score (nSPS) is 10.3. The Kier molecular flexibility index (Phi) is 6.59. The summed E-state index contributed by atoms with van der Waals surface area (Å²) < 4.78 is 21.3. The summed E-state index contributed by atoms with van der Waals surface area (Å²) in [5.41, 5.74) is 2.22. The molecule has 0 saturated carbocycles. The summed E-state index contributed by atoms with van der Waals surface area (Å²) in [6.45, 7) is 0.798. The zero-order valence-electron chi connectivity index (χ0n) is 13.3. The highest BCUT2D eigenvalue weighted by molar-refractivity contribution is 5.82. The Balaban J connectivity index is 2.13. The third-order valence-corrected chi connectivity index (χ3v) is 3.26. The van der Waals surface area contributed by atoms with Crippen LogP contribution in [0.5, 0.6) is 11.5 Å². The zero-order chi connectivity index (χ0) is 16.5. The molecule has 0 saturated heterocycles. The topological polar surface area (TPSA) is 54.0 Å². The van der Waals surface area contributed by atoms with Gasteiger partial charge in [-0.15, -0.1) is 0 Å². The van der Waals surface area contributed by atoms with Crippen LogP contribution in [0.15, 0.2) is 42.5 Å². The second-order valence-corrected chi connectivity index (χ2v) is 4.85. The van der Waals surface area contributed by atoms with E-state index in [0.29, 0.717) is 29.2 Å². The van der Waals surface area contributed by atoms with Crippen LogP contribution in [0, 0.1) is 0 Å². The van der Waals surface area contributed by atoms with E-state index in [1.54, 1.807) is 19.2 Å². The van der Waals surface area contributed by atoms with Crippen LogP contribution in [0.4, 0.5) is 0 Å². The fourth-order valence-electron chi connectivity index (χ4n) is 2.12. The highest BCUT2D eigenvalue weighted by Gasteiger charge is 2.13. The minimum Gasteiger partial charge on any atom is -0.497 e. The molecule has 0 heterocycles. The first-order valence-electron chi connectivity index (χ1n) is 7.18. The van der Waals surface area contributed by atoms with Crippen LogP contribution in [0.1, 0.15) is 21.5 Å². The van der Waals surface area contributed by atoms with Crippen LogP contribution >= 0.6 is 0 Å². The van der Waals surface area contributed by atoms with Crippen molar-refractivity contribution in [1.29, 1.82) is 0 Å². The Morgan fingerprint density at radius 3 is 2.48 bits per heavy atom. The van der Waals surface area contributed by atoms with E-state index in [-0.39, 0.29) is 13.4 Å². The molecule has 0 fully saturated rings. The molecule has 5 nitrogen and oxygen atoms in total. The van der Waals surface area contributed by atoms with Gasteiger partial charge in [0.25, 0.3) is 0 Å². The molecule has 0 aliphatic carbocycles. The van der Waals surface area contributed by atoms with Crippen LogP contribution in [0.3, 0.4) is 0 Å². The van der Waals surface area contributed by atoms with E-state index in [9.17, 15) is 4.79 Å². The van der Waals surface area contributed by atoms with Gasteiger partial charge in [0.2, 0.25) is 0 Å². The number of methoxy groups -OCH3 is 2. The number of hydrogen-bond donors (Lipinski definition) is 0. The lowest BCUT2D eigenvalue weighted by Gasteiger charge is -2.14. The van der Waals surface area contributed by atoms with Crippen LogP contribution in [-0.2, 0) is 22.7 Å². The molecular formula is C18H20O5. The lowest BCUT2D eigenvalue weighted by atomic mass is 10.1.